The van der Waals surface area contributed by atoms with Crippen LogP contribution >= 0.6 is 0 Å². The molecule has 0 radical (unpaired) electrons. The smallest absolute Gasteiger partial charge is 0.165 e. The molecule has 0 heterocycles. The lowest BCUT2D eigenvalue weighted by molar-refractivity contribution is 0.291. The van der Waals surface area contributed by atoms with Crippen LogP contribution in [0, 0.1) is 12.7 Å². The van der Waals surface area contributed by atoms with Gasteiger partial charge in [0.1, 0.15) is 6.61 Å². The van der Waals surface area contributed by atoms with Crippen LogP contribution in [-0.2, 0) is 6.61 Å². The highest BCUT2D eigenvalue weighted by Crippen LogP contribution is 2.20. The first kappa shape index (κ1) is 11.5. The maximum absolute atomic E-state index is 13.3. The lowest BCUT2D eigenvalue weighted by Crippen LogP contribution is -2.01. The van der Waals surface area contributed by atoms with Gasteiger partial charge >= 0.3 is 0 Å². The summed E-state index contributed by atoms with van der Waals surface area (Å²) in [6.45, 7) is 2.24. The van der Waals surface area contributed by atoms with Gasteiger partial charge < -0.3 is 10.5 Å². The Labute approximate surface area is 99.8 Å². The molecule has 2 rings (SSSR count). The van der Waals surface area contributed by atoms with Crippen LogP contribution in [0.3, 0.4) is 0 Å². The van der Waals surface area contributed by atoms with E-state index in [1.807, 2.05) is 25.1 Å². The van der Waals surface area contributed by atoms with E-state index in [1.54, 1.807) is 18.2 Å². The van der Waals surface area contributed by atoms with Gasteiger partial charge in [0.2, 0.25) is 0 Å². The van der Waals surface area contributed by atoms with Crippen LogP contribution in [-0.4, -0.2) is 0 Å². The van der Waals surface area contributed by atoms with Gasteiger partial charge in [-0.25, -0.2) is 4.39 Å². The molecular formula is C14H14FNO. The highest BCUT2D eigenvalue weighted by Gasteiger charge is 2.04. The molecule has 0 saturated carbocycles. The molecule has 2 aromatic rings. The Balaban J connectivity index is 2.10. The average Bonchev–Trinajstić information content (AvgIpc) is 2.30. The van der Waals surface area contributed by atoms with Crippen molar-refractivity contribution in [2.45, 2.75) is 13.5 Å². The third kappa shape index (κ3) is 2.75. The van der Waals surface area contributed by atoms with Gasteiger partial charge in [-0.2, -0.15) is 0 Å². The van der Waals surface area contributed by atoms with Crippen molar-refractivity contribution in [2.24, 2.45) is 0 Å². The van der Waals surface area contributed by atoms with E-state index in [9.17, 15) is 4.39 Å². The molecule has 3 heteroatoms. The molecule has 0 atom stereocenters. The van der Waals surface area contributed by atoms with Crippen molar-refractivity contribution in [3.05, 3.63) is 59.4 Å². The van der Waals surface area contributed by atoms with E-state index in [0.717, 1.165) is 11.1 Å². The van der Waals surface area contributed by atoms with E-state index in [4.69, 9.17) is 10.5 Å². The maximum Gasteiger partial charge on any atom is 0.165 e. The molecule has 2 aromatic carbocycles. The molecule has 0 saturated heterocycles. The Bertz CT molecular complexity index is 525. The van der Waals surface area contributed by atoms with Gasteiger partial charge in [0.15, 0.2) is 11.6 Å². The molecule has 0 spiro atoms. The zero-order valence-corrected chi connectivity index (χ0v) is 9.61. The number of rotatable bonds is 3. The topological polar surface area (TPSA) is 35.2 Å². The van der Waals surface area contributed by atoms with Crippen LogP contribution in [0.5, 0.6) is 5.75 Å². The number of hydrogen-bond donors (Lipinski definition) is 1. The minimum atomic E-state index is -0.363. The molecule has 17 heavy (non-hydrogen) atoms. The molecule has 88 valence electrons. The SMILES string of the molecule is Cc1ccc(COc2ccccc2F)c(N)c1. The van der Waals surface area contributed by atoms with Crippen LogP contribution in [0.15, 0.2) is 42.5 Å². The van der Waals surface area contributed by atoms with Crippen molar-refractivity contribution in [2.75, 3.05) is 5.73 Å². The number of aryl methyl sites for hydroxylation is 1. The minimum absolute atomic E-state index is 0.243. The summed E-state index contributed by atoms with van der Waals surface area (Å²) in [5, 5.41) is 0. The summed E-state index contributed by atoms with van der Waals surface area (Å²) in [6, 6.07) is 12.1. The van der Waals surface area contributed by atoms with E-state index in [1.165, 1.54) is 6.07 Å². The number of anilines is 1. The largest absolute Gasteiger partial charge is 0.486 e. The van der Waals surface area contributed by atoms with Crippen LogP contribution in [0.25, 0.3) is 0 Å². The summed E-state index contributed by atoms with van der Waals surface area (Å²) in [4.78, 5) is 0. The van der Waals surface area contributed by atoms with Gasteiger partial charge in [0, 0.05) is 11.3 Å². The zero-order chi connectivity index (χ0) is 12.3. The van der Waals surface area contributed by atoms with Gasteiger partial charge in [-0.15, -0.1) is 0 Å². The van der Waals surface area contributed by atoms with E-state index in [-0.39, 0.29) is 18.2 Å². The molecule has 2 nitrogen and oxygen atoms in total. The molecule has 0 aliphatic carbocycles. The predicted octanol–water partition coefficient (Wildman–Crippen LogP) is 3.30. The van der Waals surface area contributed by atoms with E-state index < -0.39 is 0 Å². The average molecular weight is 231 g/mol. The number of para-hydroxylation sites is 1. The quantitative estimate of drug-likeness (QED) is 0.822. The third-order valence-electron chi connectivity index (χ3n) is 2.52. The summed E-state index contributed by atoms with van der Waals surface area (Å²) in [5.74, 6) is -0.120. The zero-order valence-electron chi connectivity index (χ0n) is 9.61. The Kier molecular flexibility index (Phi) is 3.28. The van der Waals surface area contributed by atoms with Crippen molar-refractivity contribution >= 4 is 5.69 Å². The number of nitrogen functional groups attached to an aromatic ring is 1. The van der Waals surface area contributed by atoms with Crippen molar-refractivity contribution in [3.63, 3.8) is 0 Å². The summed E-state index contributed by atoms with van der Waals surface area (Å²) in [6.07, 6.45) is 0. The molecule has 2 N–H and O–H groups in total. The first-order chi connectivity index (χ1) is 8.16. The van der Waals surface area contributed by atoms with E-state index >= 15 is 0 Å². The number of ether oxygens (including phenoxy) is 1. The van der Waals surface area contributed by atoms with Crippen LogP contribution < -0.4 is 10.5 Å². The van der Waals surface area contributed by atoms with Gasteiger partial charge in [0.05, 0.1) is 0 Å². The fourth-order valence-electron chi connectivity index (χ4n) is 1.56. The molecule has 0 bridgehead atoms. The Morgan fingerprint density at radius 3 is 2.65 bits per heavy atom. The van der Waals surface area contributed by atoms with Crippen LogP contribution in [0.2, 0.25) is 0 Å². The Morgan fingerprint density at radius 1 is 1.18 bits per heavy atom. The van der Waals surface area contributed by atoms with E-state index in [2.05, 4.69) is 0 Å². The molecule has 0 aliphatic rings. The number of nitrogens with two attached hydrogens (primary N) is 1. The van der Waals surface area contributed by atoms with Crippen molar-refractivity contribution in [1.82, 2.24) is 0 Å². The number of benzene rings is 2. The summed E-state index contributed by atoms with van der Waals surface area (Å²) in [5.41, 5.74) is 8.47. The lowest BCUT2D eigenvalue weighted by Gasteiger charge is -2.09. The number of halogens is 1. The van der Waals surface area contributed by atoms with E-state index in [0.29, 0.717) is 5.69 Å². The summed E-state index contributed by atoms with van der Waals surface area (Å²) >= 11 is 0. The van der Waals surface area contributed by atoms with Crippen LogP contribution in [0.4, 0.5) is 10.1 Å². The Hall–Kier alpha value is -2.03. The fraction of sp³-hybridized carbons (Fsp3) is 0.143. The molecule has 0 amide bonds. The molecule has 0 aliphatic heterocycles. The molecular weight excluding hydrogens is 217 g/mol. The minimum Gasteiger partial charge on any atom is -0.486 e. The standard InChI is InChI=1S/C14H14FNO/c1-10-6-7-11(13(16)8-10)9-17-14-5-3-2-4-12(14)15/h2-8H,9,16H2,1H3. The highest BCUT2D eigenvalue weighted by atomic mass is 19.1. The first-order valence-corrected chi connectivity index (χ1v) is 5.39. The normalized spacial score (nSPS) is 10.2. The number of hydrogen-bond acceptors (Lipinski definition) is 2. The van der Waals surface area contributed by atoms with Crippen molar-refractivity contribution < 1.29 is 9.13 Å². The molecule has 0 fully saturated rings. The molecule has 0 aromatic heterocycles. The summed E-state index contributed by atoms with van der Waals surface area (Å²) < 4.78 is 18.7. The maximum atomic E-state index is 13.3. The lowest BCUT2D eigenvalue weighted by atomic mass is 10.1. The van der Waals surface area contributed by atoms with Gasteiger partial charge in [-0.1, -0.05) is 24.3 Å². The second-order valence-corrected chi connectivity index (χ2v) is 3.92. The summed E-state index contributed by atoms with van der Waals surface area (Å²) in [7, 11) is 0. The van der Waals surface area contributed by atoms with Gasteiger partial charge in [-0.05, 0) is 30.7 Å². The second-order valence-electron chi connectivity index (χ2n) is 3.92. The Morgan fingerprint density at radius 2 is 1.94 bits per heavy atom. The van der Waals surface area contributed by atoms with Crippen LogP contribution in [0.1, 0.15) is 11.1 Å². The van der Waals surface area contributed by atoms with Gasteiger partial charge in [-0.3, -0.25) is 0 Å². The van der Waals surface area contributed by atoms with Crippen molar-refractivity contribution in [1.29, 1.82) is 0 Å². The fourth-order valence-corrected chi connectivity index (χ4v) is 1.56. The highest BCUT2D eigenvalue weighted by molar-refractivity contribution is 5.48. The third-order valence-corrected chi connectivity index (χ3v) is 2.52. The molecule has 0 unspecified atom stereocenters. The monoisotopic (exact) mass is 231 g/mol. The van der Waals surface area contributed by atoms with Gasteiger partial charge in [0.25, 0.3) is 0 Å². The predicted molar refractivity (Wildman–Crippen MR) is 66.3 cm³/mol. The second kappa shape index (κ2) is 4.87. The first-order valence-electron chi connectivity index (χ1n) is 5.39. The van der Waals surface area contributed by atoms with Crippen molar-refractivity contribution in [3.8, 4) is 5.75 Å².